The molecule has 0 aliphatic carbocycles. The molecule has 1 aliphatic rings. The number of likely N-dealkylation sites (tertiary alicyclic amines) is 1. The number of nitrogens with zero attached hydrogens (tertiary/aromatic N) is 1. The average molecular weight is 256 g/mol. The van der Waals surface area contributed by atoms with Gasteiger partial charge < -0.3 is 15.0 Å². The third-order valence-corrected chi connectivity index (χ3v) is 3.39. The van der Waals surface area contributed by atoms with Gasteiger partial charge in [0.15, 0.2) is 0 Å². The van der Waals surface area contributed by atoms with Crippen LogP contribution < -0.4 is 5.32 Å². The molecule has 4 heteroatoms. The molecule has 1 heterocycles. The number of unbranched alkanes of at least 4 members (excludes halogenated alkanes) is 2. The number of carbonyl (C=O) groups excluding carboxylic acids is 1. The lowest BCUT2D eigenvalue weighted by molar-refractivity contribution is 0.152. The molecule has 1 N–H and O–H groups in total. The van der Waals surface area contributed by atoms with Gasteiger partial charge in [-0.2, -0.15) is 0 Å². The van der Waals surface area contributed by atoms with Crippen LogP contribution in [0.5, 0.6) is 0 Å². The van der Waals surface area contributed by atoms with Gasteiger partial charge in [-0.25, -0.2) is 4.79 Å². The third kappa shape index (κ3) is 7.54. The van der Waals surface area contributed by atoms with E-state index < -0.39 is 0 Å². The van der Waals surface area contributed by atoms with Gasteiger partial charge in [-0.15, -0.1) is 0 Å². The molecule has 0 aromatic heterocycles. The molecule has 106 valence electrons. The first-order chi connectivity index (χ1) is 8.83. The summed E-state index contributed by atoms with van der Waals surface area (Å²) in [5.41, 5.74) is 0. The summed E-state index contributed by atoms with van der Waals surface area (Å²) >= 11 is 0. The Kier molecular flexibility index (Phi) is 8.65. The second-order valence-electron chi connectivity index (χ2n) is 4.96. The first-order valence-electron chi connectivity index (χ1n) is 7.46. The Morgan fingerprint density at radius 2 is 1.83 bits per heavy atom. The molecule has 0 aromatic carbocycles. The van der Waals surface area contributed by atoms with Crippen LogP contribution in [0.1, 0.15) is 51.9 Å². The molecule has 4 nitrogen and oxygen atoms in total. The fourth-order valence-electron chi connectivity index (χ4n) is 2.37. The van der Waals surface area contributed by atoms with Crippen molar-refractivity contribution < 1.29 is 9.53 Å². The lowest BCUT2D eigenvalue weighted by Gasteiger charge is -2.19. The zero-order chi connectivity index (χ0) is 13.1. The number of hydrogen-bond donors (Lipinski definition) is 1. The summed E-state index contributed by atoms with van der Waals surface area (Å²) in [6, 6.07) is 0. The molecule has 0 saturated carbocycles. The van der Waals surface area contributed by atoms with Crippen molar-refractivity contribution in [3.63, 3.8) is 0 Å². The number of alkyl carbamates (subject to hydrolysis) is 1. The van der Waals surface area contributed by atoms with Crippen LogP contribution in [0.25, 0.3) is 0 Å². The van der Waals surface area contributed by atoms with E-state index in [9.17, 15) is 4.79 Å². The van der Waals surface area contributed by atoms with E-state index in [2.05, 4.69) is 10.2 Å². The normalized spacial score (nSPS) is 17.2. The topological polar surface area (TPSA) is 41.6 Å². The number of hydrogen-bond acceptors (Lipinski definition) is 3. The SMILES string of the molecule is CCOC(=O)NCCCCCN1CCCCCC1. The Morgan fingerprint density at radius 1 is 1.11 bits per heavy atom. The highest BCUT2D eigenvalue weighted by Crippen LogP contribution is 2.10. The van der Waals surface area contributed by atoms with Crippen molar-refractivity contribution in [1.29, 1.82) is 0 Å². The lowest BCUT2D eigenvalue weighted by Crippen LogP contribution is -2.27. The van der Waals surface area contributed by atoms with Crippen molar-refractivity contribution >= 4 is 6.09 Å². The van der Waals surface area contributed by atoms with Crippen molar-refractivity contribution in [2.24, 2.45) is 0 Å². The van der Waals surface area contributed by atoms with Gasteiger partial charge in [0.2, 0.25) is 0 Å². The zero-order valence-corrected chi connectivity index (χ0v) is 11.7. The smallest absolute Gasteiger partial charge is 0.407 e. The molecule has 1 rings (SSSR count). The maximum absolute atomic E-state index is 11.0. The fourth-order valence-corrected chi connectivity index (χ4v) is 2.37. The first kappa shape index (κ1) is 15.3. The summed E-state index contributed by atoms with van der Waals surface area (Å²) in [5.74, 6) is 0. The van der Waals surface area contributed by atoms with Gasteiger partial charge in [0, 0.05) is 6.54 Å². The number of ether oxygens (including phenoxy) is 1. The van der Waals surface area contributed by atoms with E-state index in [1.54, 1.807) is 0 Å². The van der Waals surface area contributed by atoms with Crippen molar-refractivity contribution in [2.75, 3.05) is 32.8 Å². The summed E-state index contributed by atoms with van der Waals surface area (Å²) in [6.45, 7) is 6.78. The van der Waals surface area contributed by atoms with Crippen molar-refractivity contribution in [2.45, 2.75) is 51.9 Å². The van der Waals surface area contributed by atoms with Crippen molar-refractivity contribution in [1.82, 2.24) is 10.2 Å². The van der Waals surface area contributed by atoms with Gasteiger partial charge in [-0.1, -0.05) is 19.3 Å². The molecule has 0 bridgehead atoms. The Labute approximate surface area is 111 Å². The number of rotatable bonds is 7. The average Bonchev–Trinajstić information content (AvgIpc) is 2.62. The van der Waals surface area contributed by atoms with Gasteiger partial charge in [0.05, 0.1) is 6.61 Å². The van der Waals surface area contributed by atoms with Crippen LogP contribution in [0.15, 0.2) is 0 Å². The van der Waals surface area contributed by atoms with Gasteiger partial charge in [0.1, 0.15) is 0 Å². The standard InChI is InChI=1S/C14H28N2O2/c1-2-18-14(17)15-10-6-5-9-13-16-11-7-3-4-8-12-16/h2-13H2,1H3,(H,15,17). The van der Waals surface area contributed by atoms with Gasteiger partial charge in [-0.05, 0) is 52.2 Å². The zero-order valence-electron chi connectivity index (χ0n) is 11.7. The number of carbonyl (C=O) groups is 1. The van der Waals surface area contributed by atoms with Crippen LogP contribution in [0.4, 0.5) is 4.79 Å². The molecule has 0 spiro atoms. The van der Waals surface area contributed by atoms with Crippen LogP contribution in [0, 0.1) is 0 Å². The molecule has 0 aromatic rings. The Hall–Kier alpha value is -0.770. The van der Waals surface area contributed by atoms with E-state index in [1.165, 1.54) is 58.2 Å². The van der Waals surface area contributed by atoms with Crippen LogP contribution >= 0.6 is 0 Å². The van der Waals surface area contributed by atoms with Gasteiger partial charge in [-0.3, -0.25) is 0 Å². The first-order valence-corrected chi connectivity index (χ1v) is 7.46. The van der Waals surface area contributed by atoms with Crippen molar-refractivity contribution in [3.8, 4) is 0 Å². The number of nitrogens with one attached hydrogen (secondary N) is 1. The van der Waals surface area contributed by atoms with Crippen molar-refractivity contribution in [3.05, 3.63) is 0 Å². The molecule has 18 heavy (non-hydrogen) atoms. The molecular formula is C14H28N2O2. The summed E-state index contributed by atoms with van der Waals surface area (Å²) in [5, 5.41) is 2.76. The maximum Gasteiger partial charge on any atom is 0.407 e. The van der Waals surface area contributed by atoms with Crippen LogP contribution in [-0.4, -0.2) is 43.8 Å². The second kappa shape index (κ2) is 10.2. The van der Waals surface area contributed by atoms with E-state index in [0.29, 0.717) is 6.61 Å². The van der Waals surface area contributed by atoms with Crippen LogP contribution in [-0.2, 0) is 4.74 Å². The van der Waals surface area contributed by atoms with Gasteiger partial charge in [0.25, 0.3) is 0 Å². The minimum absolute atomic E-state index is 0.287. The number of amides is 1. The minimum atomic E-state index is -0.287. The van der Waals surface area contributed by atoms with E-state index >= 15 is 0 Å². The van der Waals surface area contributed by atoms with E-state index in [4.69, 9.17) is 4.74 Å². The Morgan fingerprint density at radius 3 is 2.50 bits per heavy atom. The highest BCUT2D eigenvalue weighted by atomic mass is 16.5. The maximum atomic E-state index is 11.0. The van der Waals surface area contributed by atoms with Crippen LogP contribution in [0.2, 0.25) is 0 Å². The molecule has 1 aliphatic heterocycles. The summed E-state index contributed by atoms with van der Waals surface area (Å²) in [4.78, 5) is 13.6. The largest absolute Gasteiger partial charge is 0.450 e. The highest BCUT2D eigenvalue weighted by molar-refractivity contribution is 5.66. The molecule has 1 fully saturated rings. The Bertz CT molecular complexity index is 214. The second-order valence-corrected chi connectivity index (χ2v) is 4.96. The Balaban J connectivity index is 1.90. The quantitative estimate of drug-likeness (QED) is 0.712. The third-order valence-electron chi connectivity index (χ3n) is 3.39. The molecule has 0 atom stereocenters. The predicted octanol–water partition coefficient (Wildman–Crippen LogP) is 2.78. The molecule has 1 saturated heterocycles. The van der Waals surface area contributed by atoms with Gasteiger partial charge >= 0.3 is 6.09 Å². The van der Waals surface area contributed by atoms with E-state index in [0.717, 1.165) is 13.0 Å². The van der Waals surface area contributed by atoms with E-state index in [1.807, 2.05) is 6.92 Å². The lowest BCUT2D eigenvalue weighted by atomic mass is 10.2. The monoisotopic (exact) mass is 256 g/mol. The summed E-state index contributed by atoms with van der Waals surface area (Å²) in [6.07, 6.45) is 8.72. The molecule has 0 radical (unpaired) electrons. The predicted molar refractivity (Wildman–Crippen MR) is 73.8 cm³/mol. The van der Waals surface area contributed by atoms with E-state index in [-0.39, 0.29) is 6.09 Å². The molecule has 0 unspecified atom stereocenters. The highest BCUT2D eigenvalue weighted by Gasteiger charge is 2.07. The molecular weight excluding hydrogens is 228 g/mol. The summed E-state index contributed by atoms with van der Waals surface area (Å²) in [7, 11) is 0. The molecule has 1 amide bonds. The summed E-state index contributed by atoms with van der Waals surface area (Å²) < 4.78 is 4.80. The fraction of sp³-hybridized carbons (Fsp3) is 0.929. The van der Waals surface area contributed by atoms with Crippen LogP contribution in [0.3, 0.4) is 0 Å². The minimum Gasteiger partial charge on any atom is -0.450 e.